The summed E-state index contributed by atoms with van der Waals surface area (Å²) in [6, 6.07) is 6.55. The molecule has 2 heterocycles. The highest BCUT2D eigenvalue weighted by molar-refractivity contribution is 5.78. The molecule has 2 aliphatic heterocycles. The van der Waals surface area contributed by atoms with Gasteiger partial charge in [0.2, 0.25) is 5.91 Å². The topological polar surface area (TPSA) is 23.6 Å². The highest BCUT2D eigenvalue weighted by atomic mass is 19.4. The fourth-order valence-electron chi connectivity index (χ4n) is 4.02. The van der Waals surface area contributed by atoms with Crippen molar-refractivity contribution in [2.24, 2.45) is 5.92 Å². The Balaban J connectivity index is 1.57. The van der Waals surface area contributed by atoms with Crippen LogP contribution in [0.15, 0.2) is 24.3 Å². The zero-order chi connectivity index (χ0) is 18.7. The summed E-state index contributed by atoms with van der Waals surface area (Å²) in [5.74, 6) is -1.93. The second kappa shape index (κ2) is 7.94. The summed E-state index contributed by atoms with van der Waals surface area (Å²) in [6.45, 7) is 1.06. The number of amides is 1. The summed E-state index contributed by atoms with van der Waals surface area (Å²) < 4.78 is 52.2. The van der Waals surface area contributed by atoms with Crippen LogP contribution in [0.3, 0.4) is 0 Å². The van der Waals surface area contributed by atoms with E-state index in [1.807, 2.05) is 11.0 Å². The lowest BCUT2D eigenvalue weighted by Gasteiger charge is -2.35. The van der Waals surface area contributed by atoms with Crippen LogP contribution in [0.5, 0.6) is 0 Å². The number of halogens is 4. The van der Waals surface area contributed by atoms with Crippen molar-refractivity contribution in [3.8, 4) is 0 Å². The van der Waals surface area contributed by atoms with E-state index >= 15 is 0 Å². The molecule has 0 aliphatic carbocycles. The molecular weight excluding hydrogens is 348 g/mol. The van der Waals surface area contributed by atoms with Crippen LogP contribution in [0.2, 0.25) is 0 Å². The lowest BCUT2D eigenvalue weighted by Crippen LogP contribution is -2.48. The van der Waals surface area contributed by atoms with Gasteiger partial charge in [-0.2, -0.15) is 13.2 Å². The number of likely N-dealkylation sites (tertiary alicyclic amines) is 2. The molecule has 26 heavy (non-hydrogen) atoms. The Hall–Kier alpha value is -1.63. The van der Waals surface area contributed by atoms with Gasteiger partial charge in [0.1, 0.15) is 5.82 Å². The van der Waals surface area contributed by atoms with Crippen LogP contribution in [0.25, 0.3) is 0 Å². The molecule has 1 amide bonds. The molecule has 0 aromatic heterocycles. The molecule has 0 radical (unpaired) electrons. The Labute approximate surface area is 151 Å². The molecule has 0 saturated carbocycles. The maximum Gasteiger partial charge on any atom is 0.393 e. The van der Waals surface area contributed by atoms with E-state index in [9.17, 15) is 22.4 Å². The summed E-state index contributed by atoms with van der Waals surface area (Å²) in [7, 11) is 0. The number of rotatable bonds is 4. The minimum Gasteiger partial charge on any atom is -0.341 e. The molecular formula is C19H24F4N2O. The van der Waals surface area contributed by atoms with Crippen molar-refractivity contribution in [3.05, 3.63) is 35.6 Å². The van der Waals surface area contributed by atoms with E-state index in [1.165, 1.54) is 17.0 Å². The number of piperidine rings is 1. The van der Waals surface area contributed by atoms with Crippen LogP contribution in [0.4, 0.5) is 17.6 Å². The first-order valence-electron chi connectivity index (χ1n) is 9.16. The molecule has 0 bridgehead atoms. The SMILES string of the molecule is O=C(CN1CCCC1Cc1cccc(F)c1)N1CCCC(C(F)(F)F)C1. The van der Waals surface area contributed by atoms with Crippen molar-refractivity contribution in [2.45, 2.75) is 44.3 Å². The Morgan fingerprint density at radius 3 is 2.65 bits per heavy atom. The second-order valence-corrected chi connectivity index (χ2v) is 7.32. The number of hydrogen-bond donors (Lipinski definition) is 0. The molecule has 2 unspecified atom stereocenters. The highest BCUT2D eigenvalue weighted by Gasteiger charge is 2.43. The minimum atomic E-state index is -4.24. The van der Waals surface area contributed by atoms with Crippen LogP contribution in [-0.2, 0) is 11.2 Å². The van der Waals surface area contributed by atoms with Gasteiger partial charge in [-0.05, 0) is 56.3 Å². The Morgan fingerprint density at radius 2 is 1.92 bits per heavy atom. The van der Waals surface area contributed by atoms with E-state index in [4.69, 9.17) is 0 Å². The Bertz CT molecular complexity index is 634. The van der Waals surface area contributed by atoms with Crippen molar-refractivity contribution >= 4 is 5.91 Å². The van der Waals surface area contributed by atoms with Gasteiger partial charge in [0, 0.05) is 19.1 Å². The number of carbonyl (C=O) groups excluding carboxylic acids is 1. The fourth-order valence-corrected chi connectivity index (χ4v) is 4.02. The molecule has 1 aromatic carbocycles. The van der Waals surface area contributed by atoms with Gasteiger partial charge in [0.15, 0.2) is 0 Å². The maximum atomic E-state index is 13.4. The largest absolute Gasteiger partial charge is 0.393 e. The van der Waals surface area contributed by atoms with Gasteiger partial charge in [-0.3, -0.25) is 9.69 Å². The van der Waals surface area contributed by atoms with Gasteiger partial charge in [0.25, 0.3) is 0 Å². The summed E-state index contributed by atoms with van der Waals surface area (Å²) in [5.41, 5.74) is 0.879. The molecule has 1 aromatic rings. The van der Waals surface area contributed by atoms with Gasteiger partial charge >= 0.3 is 6.18 Å². The van der Waals surface area contributed by atoms with Gasteiger partial charge in [-0.15, -0.1) is 0 Å². The van der Waals surface area contributed by atoms with E-state index < -0.39 is 12.1 Å². The summed E-state index contributed by atoms with van der Waals surface area (Å²) in [4.78, 5) is 15.9. The molecule has 2 atom stereocenters. The fraction of sp³-hybridized carbons (Fsp3) is 0.632. The zero-order valence-corrected chi connectivity index (χ0v) is 14.6. The zero-order valence-electron chi connectivity index (χ0n) is 14.6. The van der Waals surface area contributed by atoms with Crippen molar-refractivity contribution in [1.29, 1.82) is 0 Å². The lowest BCUT2D eigenvalue weighted by molar-refractivity contribution is -0.188. The van der Waals surface area contributed by atoms with Gasteiger partial charge < -0.3 is 4.90 Å². The molecule has 0 N–H and O–H groups in total. The summed E-state index contributed by atoms with van der Waals surface area (Å²) in [6.07, 6.45) is -1.25. The third-order valence-corrected chi connectivity index (χ3v) is 5.43. The molecule has 3 rings (SSSR count). The molecule has 144 valence electrons. The second-order valence-electron chi connectivity index (χ2n) is 7.32. The molecule has 0 spiro atoms. The summed E-state index contributed by atoms with van der Waals surface area (Å²) in [5, 5.41) is 0. The van der Waals surface area contributed by atoms with Crippen molar-refractivity contribution in [3.63, 3.8) is 0 Å². The summed E-state index contributed by atoms with van der Waals surface area (Å²) >= 11 is 0. The lowest BCUT2D eigenvalue weighted by atomic mass is 9.97. The normalized spacial score (nSPS) is 24.8. The monoisotopic (exact) mass is 372 g/mol. The van der Waals surface area contributed by atoms with E-state index in [-0.39, 0.29) is 37.3 Å². The van der Waals surface area contributed by atoms with Crippen LogP contribution in [-0.4, -0.2) is 54.1 Å². The Morgan fingerprint density at radius 1 is 1.15 bits per heavy atom. The van der Waals surface area contributed by atoms with Crippen LogP contribution >= 0.6 is 0 Å². The number of nitrogens with zero attached hydrogens (tertiary/aromatic N) is 2. The molecule has 2 saturated heterocycles. The van der Waals surface area contributed by atoms with E-state index in [2.05, 4.69) is 0 Å². The third-order valence-electron chi connectivity index (χ3n) is 5.43. The van der Waals surface area contributed by atoms with Crippen molar-refractivity contribution in [2.75, 3.05) is 26.2 Å². The van der Waals surface area contributed by atoms with E-state index in [1.54, 1.807) is 6.07 Å². The van der Waals surface area contributed by atoms with E-state index in [0.29, 0.717) is 19.4 Å². The Kier molecular flexibility index (Phi) is 5.85. The standard InChI is InChI=1S/C19H24F4N2O/c20-16-6-1-4-14(10-16)11-17-7-3-8-24(17)13-18(26)25-9-2-5-15(12-25)19(21,22)23/h1,4,6,10,15,17H,2-3,5,7-9,11-13H2. The first-order chi connectivity index (χ1) is 12.3. The molecule has 3 nitrogen and oxygen atoms in total. The highest BCUT2D eigenvalue weighted by Crippen LogP contribution is 2.33. The first kappa shape index (κ1) is 19.1. The quantitative estimate of drug-likeness (QED) is 0.754. The van der Waals surface area contributed by atoms with Gasteiger partial charge in [-0.25, -0.2) is 4.39 Å². The number of alkyl halides is 3. The number of benzene rings is 1. The molecule has 2 fully saturated rings. The molecule has 7 heteroatoms. The van der Waals surface area contributed by atoms with Crippen LogP contribution in [0.1, 0.15) is 31.2 Å². The maximum absolute atomic E-state index is 13.4. The molecule has 2 aliphatic rings. The number of hydrogen-bond acceptors (Lipinski definition) is 2. The smallest absolute Gasteiger partial charge is 0.341 e. The average Bonchev–Trinajstić information content (AvgIpc) is 3.01. The average molecular weight is 372 g/mol. The third kappa shape index (κ3) is 4.75. The van der Waals surface area contributed by atoms with Crippen molar-refractivity contribution in [1.82, 2.24) is 9.80 Å². The minimum absolute atomic E-state index is 0.0964. The predicted octanol–water partition coefficient (Wildman–Crippen LogP) is 3.63. The van der Waals surface area contributed by atoms with Crippen molar-refractivity contribution < 1.29 is 22.4 Å². The van der Waals surface area contributed by atoms with Gasteiger partial charge in [0.05, 0.1) is 12.5 Å². The predicted molar refractivity (Wildman–Crippen MR) is 90.1 cm³/mol. The number of carbonyl (C=O) groups is 1. The van der Waals surface area contributed by atoms with Crippen LogP contribution in [0, 0.1) is 11.7 Å². The first-order valence-corrected chi connectivity index (χ1v) is 9.16. The van der Waals surface area contributed by atoms with E-state index in [0.717, 1.165) is 24.9 Å². The van der Waals surface area contributed by atoms with Crippen LogP contribution < -0.4 is 0 Å². The van der Waals surface area contributed by atoms with Gasteiger partial charge in [-0.1, -0.05) is 12.1 Å².